The number of aliphatic hydroxyl groups excluding tert-OH is 1. The number of amides is 1. The Kier molecular flexibility index (Phi) is 6.84. The van der Waals surface area contributed by atoms with E-state index in [1.54, 1.807) is 24.3 Å². The Hall–Kier alpha value is -2.77. The van der Waals surface area contributed by atoms with Crippen LogP contribution in [0, 0.1) is 0 Å². The normalized spacial score (nSPS) is 18.4. The summed E-state index contributed by atoms with van der Waals surface area (Å²) in [5, 5.41) is 11.3. The molecule has 1 aliphatic heterocycles. The average molecular weight is 434 g/mol. The summed E-state index contributed by atoms with van der Waals surface area (Å²) in [6, 6.07) is 7.13. The molecule has 2 aromatic rings. The summed E-state index contributed by atoms with van der Waals surface area (Å²) in [6.07, 6.45) is 2.07. The summed E-state index contributed by atoms with van der Waals surface area (Å²) >= 11 is 6.06. The number of rotatable bonds is 8. The molecule has 2 heterocycles. The molecule has 1 fully saturated rings. The highest BCUT2D eigenvalue weighted by molar-refractivity contribution is 6.46. The van der Waals surface area contributed by atoms with Gasteiger partial charge in [0.1, 0.15) is 23.3 Å². The summed E-state index contributed by atoms with van der Waals surface area (Å²) in [4.78, 5) is 27.0. The van der Waals surface area contributed by atoms with Gasteiger partial charge in [-0.2, -0.15) is 0 Å². The number of methoxy groups -OCH3 is 1. The van der Waals surface area contributed by atoms with Crippen molar-refractivity contribution in [1.29, 1.82) is 0 Å². The van der Waals surface area contributed by atoms with E-state index in [9.17, 15) is 14.7 Å². The number of likely N-dealkylation sites (tertiary alicyclic amines) is 1. The van der Waals surface area contributed by atoms with E-state index in [0.717, 1.165) is 0 Å². The molecule has 1 aromatic heterocycles. The van der Waals surface area contributed by atoms with Gasteiger partial charge < -0.3 is 23.9 Å². The minimum absolute atomic E-state index is 0.0379. The van der Waals surface area contributed by atoms with Crippen LogP contribution in [-0.4, -0.2) is 48.1 Å². The van der Waals surface area contributed by atoms with Gasteiger partial charge in [0.25, 0.3) is 11.7 Å². The van der Waals surface area contributed by atoms with Crippen LogP contribution in [0.3, 0.4) is 0 Å². The number of carbonyl (C=O) groups is 2. The van der Waals surface area contributed by atoms with Gasteiger partial charge in [-0.25, -0.2) is 0 Å². The number of carbonyl (C=O) groups excluding carboxylic acids is 2. The van der Waals surface area contributed by atoms with Crippen molar-refractivity contribution in [3.63, 3.8) is 0 Å². The Morgan fingerprint density at radius 3 is 2.70 bits per heavy atom. The summed E-state index contributed by atoms with van der Waals surface area (Å²) in [5.41, 5.74) is 0.276. The summed E-state index contributed by atoms with van der Waals surface area (Å²) < 4.78 is 16.2. The fraction of sp³-hybridized carbons (Fsp3) is 0.364. The van der Waals surface area contributed by atoms with E-state index in [4.69, 9.17) is 25.5 Å². The molecule has 0 bridgehead atoms. The molecule has 30 heavy (non-hydrogen) atoms. The Bertz CT molecular complexity index is 951. The van der Waals surface area contributed by atoms with Crippen molar-refractivity contribution in [3.05, 3.63) is 58.5 Å². The van der Waals surface area contributed by atoms with Crippen LogP contribution < -0.4 is 4.74 Å². The number of nitrogens with zero attached hydrogens (tertiary/aromatic N) is 1. The Morgan fingerprint density at radius 1 is 1.30 bits per heavy atom. The summed E-state index contributed by atoms with van der Waals surface area (Å²) in [5.74, 6) is -1.04. The lowest BCUT2D eigenvalue weighted by Gasteiger charge is -2.23. The van der Waals surface area contributed by atoms with E-state index in [1.165, 1.54) is 24.3 Å². The van der Waals surface area contributed by atoms with E-state index in [2.05, 4.69) is 0 Å². The molecular weight excluding hydrogens is 410 g/mol. The largest absolute Gasteiger partial charge is 0.507 e. The van der Waals surface area contributed by atoms with Crippen molar-refractivity contribution in [2.45, 2.75) is 32.4 Å². The van der Waals surface area contributed by atoms with Gasteiger partial charge in [-0.05, 0) is 50.6 Å². The smallest absolute Gasteiger partial charge is 0.295 e. The molecule has 0 radical (unpaired) electrons. The van der Waals surface area contributed by atoms with E-state index in [1.807, 2.05) is 13.8 Å². The zero-order valence-corrected chi connectivity index (χ0v) is 17.8. The maximum Gasteiger partial charge on any atom is 0.295 e. The predicted molar refractivity (Wildman–Crippen MR) is 111 cm³/mol. The van der Waals surface area contributed by atoms with Crippen LogP contribution in [0.1, 0.15) is 37.6 Å². The third kappa shape index (κ3) is 4.37. The lowest BCUT2D eigenvalue weighted by molar-refractivity contribution is -0.140. The molecule has 1 unspecified atom stereocenters. The lowest BCUT2D eigenvalue weighted by atomic mass is 9.99. The molecule has 1 aliphatic rings. The molecule has 1 N–H and O–H groups in total. The lowest BCUT2D eigenvalue weighted by Crippen LogP contribution is -2.31. The molecule has 3 rings (SSSR count). The molecule has 1 atom stereocenters. The van der Waals surface area contributed by atoms with Crippen LogP contribution in [0.15, 0.2) is 46.6 Å². The number of benzene rings is 1. The SMILES string of the molecule is COc1cc(/C(O)=C2/C(=O)C(=O)N(CCCOC(C)C)C2c2ccco2)ccc1Cl. The van der Waals surface area contributed by atoms with Gasteiger partial charge >= 0.3 is 0 Å². The molecule has 8 heteroatoms. The molecule has 0 saturated carbocycles. The van der Waals surface area contributed by atoms with Gasteiger partial charge in [-0.1, -0.05) is 11.6 Å². The Morgan fingerprint density at radius 2 is 2.07 bits per heavy atom. The topological polar surface area (TPSA) is 89.2 Å². The van der Waals surface area contributed by atoms with Gasteiger partial charge in [0, 0.05) is 18.7 Å². The highest BCUT2D eigenvalue weighted by Crippen LogP contribution is 2.40. The first-order chi connectivity index (χ1) is 14.3. The molecule has 1 amide bonds. The number of ketones is 1. The Labute approximate surface area is 179 Å². The second-order valence-electron chi connectivity index (χ2n) is 7.13. The quantitative estimate of drug-likeness (QED) is 0.291. The minimum atomic E-state index is -0.833. The highest BCUT2D eigenvalue weighted by Gasteiger charge is 2.47. The van der Waals surface area contributed by atoms with Gasteiger partial charge in [-0.3, -0.25) is 9.59 Å². The van der Waals surface area contributed by atoms with Crippen molar-refractivity contribution in [3.8, 4) is 5.75 Å². The maximum absolute atomic E-state index is 12.9. The van der Waals surface area contributed by atoms with Crippen LogP contribution >= 0.6 is 11.6 Å². The van der Waals surface area contributed by atoms with Crippen LogP contribution in [0.5, 0.6) is 5.75 Å². The van der Waals surface area contributed by atoms with Crippen molar-refractivity contribution in [2.75, 3.05) is 20.3 Å². The first-order valence-electron chi connectivity index (χ1n) is 9.62. The van der Waals surface area contributed by atoms with Crippen molar-refractivity contribution >= 4 is 29.1 Å². The first kappa shape index (κ1) is 21.9. The molecule has 7 nitrogen and oxygen atoms in total. The third-order valence-corrected chi connectivity index (χ3v) is 5.08. The monoisotopic (exact) mass is 433 g/mol. The second-order valence-corrected chi connectivity index (χ2v) is 7.54. The molecule has 1 aromatic carbocycles. The van der Waals surface area contributed by atoms with Gasteiger partial charge in [0.05, 0.1) is 30.1 Å². The van der Waals surface area contributed by atoms with Crippen LogP contribution in [0.2, 0.25) is 5.02 Å². The zero-order chi connectivity index (χ0) is 21.8. The van der Waals surface area contributed by atoms with Crippen LogP contribution in [-0.2, 0) is 14.3 Å². The van der Waals surface area contributed by atoms with E-state index < -0.39 is 17.7 Å². The number of ether oxygens (including phenoxy) is 2. The standard InChI is InChI=1S/C22H24ClNO6/c1-13(2)29-11-5-9-24-19(16-6-4-10-30-16)18(21(26)22(24)27)20(25)14-7-8-15(23)17(12-14)28-3/h4,6-8,10,12-13,19,25H,5,9,11H2,1-3H3/b20-18-. The van der Waals surface area contributed by atoms with Crippen molar-refractivity contribution < 1.29 is 28.6 Å². The van der Waals surface area contributed by atoms with E-state index in [-0.39, 0.29) is 24.0 Å². The highest BCUT2D eigenvalue weighted by atomic mass is 35.5. The number of halogens is 1. The number of hydrogen-bond acceptors (Lipinski definition) is 6. The molecule has 160 valence electrons. The minimum Gasteiger partial charge on any atom is -0.507 e. The van der Waals surface area contributed by atoms with Crippen molar-refractivity contribution in [2.24, 2.45) is 0 Å². The molecule has 0 aliphatic carbocycles. The number of furan rings is 1. The van der Waals surface area contributed by atoms with Gasteiger partial charge in [0.15, 0.2) is 0 Å². The van der Waals surface area contributed by atoms with Gasteiger partial charge in [0.2, 0.25) is 0 Å². The first-order valence-corrected chi connectivity index (χ1v) is 10.00. The molecular formula is C22H24ClNO6. The fourth-order valence-electron chi connectivity index (χ4n) is 3.37. The predicted octanol–water partition coefficient (Wildman–Crippen LogP) is 4.18. The molecule has 0 spiro atoms. The second kappa shape index (κ2) is 9.36. The zero-order valence-electron chi connectivity index (χ0n) is 17.1. The maximum atomic E-state index is 12.9. The number of Topliss-reactive ketones (excluding diaryl/α,β-unsaturated/α-hetero) is 1. The van der Waals surface area contributed by atoms with Crippen LogP contribution in [0.4, 0.5) is 0 Å². The van der Waals surface area contributed by atoms with Crippen molar-refractivity contribution in [1.82, 2.24) is 4.90 Å². The van der Waals surface area contributed by atoms with Crippen LogP contribution in [0.25, 0.3) is 5.76 Å². The Balaban J connectivity index is 2.00. The summed E-state index contributed by atoms with van der Waals surface area (Å²) in [6.45, 7) is 4.58. The van der Waals surface area contributed by atoms with Gasteiger partial charge in [-0.15, -0.1) is 0 Å². The third-order valence-electron chi connectivity index (χ3n) is 4.77. The number of aliphatic hydroxyl groups is 1. The molecule has 1 saturated heterocycles. The average Bonchev–Trinajstić information content (AvgIpc) is 3.33. The van der Waals surface area contributed by atoms with E-state index in [0.29, 0.717) is 35.1 Å². The summed E-state index contributed by atoms with van der Waals surface area (Å²) in [7, 11) is 1.45. The van der Waals surface area contributed by atoms with E-state index >= 15 is 0 Å². The fourth-order valence-corrected chi connectivity index (χ4v) is 3.56. The number of hydrogen-bond donors (Lipinski definition) is 1.